The Balaban J connectivity index is 1.60. The molecule has 0 fully saturated rings. The maximum atomic E-state index is 13.6. The highest BCUT2D eigenvalue weighted by molar-refractivity contribution is 6.30. The minimum atomic E-state index is -0.696. The summed E-state index contributed by atoms with van der Waals surface area (Å²) in [5.41, 5.74) is 5.74. The SMILES string of the molecule is CC(C)c1cccc(C(C)C)c1NC(=O)NC1Cc2cc(Cl)ccc2N(Cc2ccccc2)C1=O. The molecule has 6 heteroatoms. The number of urea groups is 1. The monoisotopic (exact) mass is 489 g/mol. The molecule has 0 radical (unpaired) electrons. The van der Waals surface area contributed by atoms with E-state index in [1.807, 2.05) is 60.7 Å². The number of rotatable bonds is 6. The summed E-state index contributed by atoms with van der Waals surface area (Å²) in [4.78, 5) is 28.5. The number of para-hydroxylation sites is 1. The van der Waals surface area contributed by atoms with E-state index in [0.717, 1.165) is 33.6 Å². The summed E-state index contributed by atoms with van der Waals surface area (Å²) in [6.07, 6.45) is 0.385. The van der Waals surface area contributed by atoms with Gasteiger partial charge in [0.1, 0.15) is 6.04 Å². The first kappa shape index (κ1) is 24.8. The lowest BCUT2D eigenvalue weighted by Gasteiger charge is -2.35. The zero-order chi connectivity index (χ0) is 25.1. The summed E-state index contributed by atoms with van der Waals surface area (Å²) in [6.45, 7) is 8.84. The van der Waals surface area contributed by atoms with Crippen molar-refractivity contribution in [2.75, 3.05) is 10.2 Å². The Hall–Kier alpha value is -3.31. The third-order valence-electron chi connectivity index (χ3n) is 6.42. The van der Waals surface area contributed by atoms with E-state index in [9.17, 15) is 9.59 Å². The lowest BCUT2D eigenvalue weighted by Crippen LogP contribution is -2.53. The van der Waals surface area contributed by atoms with E-state index in [4.69, 9.17) is 11.6 Å². The zero-order valence-corrected chi connectivity index (χ0v) is 21.4. The van der Waals surface area contributed by atoms with Crippen LogP contribution < -0.4 is 15.5 Å². The molecule has 0 spiro atoms. The van der Waals surface area contributed by atoms with Crippen molar-refractivity contribution in [1.29, 1.82) is 0 Å². The van der Waals surface area contributed by atoms with E-state index >= 15 is 0 Å². The van der Waals surface area contributed by atoms with Crippen molar-refractivity contribution in [3.05, 3.63) is 94.0 Å². The van der Waals surface area contributed by atoms with Crippen LogP contribution in [-0.2, 0) is 17.8 Å². The van der Waals surface area contributed by atoms with Crippen molar-refractivity contribution in [2.45, 2.75) is 58.5 Å². The van der Waals surface area contributed by atoms with Crippen LogP contribution in [0.3, 0.4) is 0 Å². The predicted octanol–water partition coefficient (Wildman–Crippen LogP) is 6.87. The number of fused-ring (bicyclic) bond motifs is 1. The highest BCUT2D eigenvalue weighted by atomic mass is 35.5. The van der Waals surface area contributed by atoms with Crippen molar-refractivity contribution >= 4 is 34.9 Å². The number of halogens is 1. The van der Waals surface area contributed by atoms with Gasteiger partial charge < -0.3 is 15.5 Å². The molecule has 0 aliphatic carbocycles. The Morgan fingerprint density at radius 3 is 2.26 bits per heavy atom. The second-order valence-corrected chi connectivity index (χ2v) is 10.1. The fraction of sp³-hybridized carbons (Fsp3) is 0.310. The molecule has 1 atom stereocenters. The van der Waals surface area contributed by atoms with Crippen LogP contribution in [0, 0.1) is 0 Å². The number of nitrogens with zero attached hydrogens (tertiary/aromatic N) is 1. The minimum absolute atomic E-state index is 0.139. The average Bonchev–Trinajstić information content (AvgIpc) is 2.82. The number of hydrogen-bond acceptors (Lipinski definition) is 2. The zero-order valence-electron chi connectivity index (χ0n) is 20.6. The molecule has 2 N–H and O–H groups in total. The van der Waals surface area contributed by atoms with Crippen LogP contribution in [-0.4, -0.2) is 18.0 Å². The first-order valence-corrected chi connectivity index (χ1v) is 12.5. The predicted molar refractivity (Wildman–Crippen MR) is 143 cm³/mol. The molecule has 0 saturated carbocycles. The van der Waals surface area contributed by atoms with Crippen LogP contribution in [0.4, 0.5) is 16.2 Å². The van der Waals surface area contributed by atoms with Crippen molar-refractivity contribution < 1.29 is 9.59 Å². The molecule has 5 nitrogen and oxygen atoms in total. The topological polar surface area (TPSA) is 61.4 Å². The van der Waals surface area contributed by atoms with Crippen molar-refractivity contribution in [2.24, 2.45) is 0 Å². The van der Waals surface area contributed by atoms with Crippen LogP contribution in [0.2, 0.25) is 5.02 Å². The highest BCUT2D eigenvalue weighted by Crippen LogP contribution is 2.34. The van der Waals surface area contributed by atoms with Gasteiger partial charge in [0.15, 0.2) is 0 Å². The second-order valence-electron chi connectivity index (χ2n) is 9.66. The number of nitrogens with one attached hydrogen (secondary N) is 2. The van der Waals surface area contributed by atoms with Gasteiger partial charge >= 0.3 is 6.03 Å². The number of anilines is 2. The Morgan fingerprint density at radius 1 is 0.971 bits per heavy atom. The molecule has 4 rings (SSSR count). The number of hydrogen-bond donors (Lipinski definition) is 2. The average molecular weight is 490 g/mol. The number of benzene rings is 3. The summed E-state index contributed by atoms with van der Waals surface area (Å²) in [7, 11) is 0. The van der Waals surface area contributed by atoms with Gasteiger partial charge in [-0.3, -0.25) is 4.79 Å². The molecule has 3 aromatic rings. The number of carbonyl (C=O) groups is 2. The second kappa shape index (κ2) is 10.5. The van der Waals surface area contributed by atoms with Crippen molar-refractivity contribution in [3.8, 4) is 0 Å². The normalized spacial score (nSPS) is 15.3. The van der Waals surface area contributed by atoms with Crippen LogP contribution in [0.25, 0.3) is 0 Å². The van der Waals surface area contributed by atoms with E-state index in [1.165, 1.54) is 0 Å². The molecule has 182 valence electrons. The van der Waals surface area contributed by atoms with Gasteiger partial charge in [-0.1, -0.05) is 87.8 Å². The van der Waals surface area contributed by atoms with Crippen molar-refractivity contribution in [3.63, 3.8) is 0 Å². The van der Waals surface area contributed by atoms with Gasteiger partial charge in [0.05, 0.1) is 6.54 Å². The third-order valence-corrected chi connectivity index (χ3v) is 6.66. The highest BCUT2D eigenvalue weighted by Gasteiger charge is 2.34. The van der Waals surface area contributed by atoms with E-state index in [2.05, 4.69) is 38.3 Å². The quantitative estimate of drug-likeness (QED) is 0.397. The molecule has 0 saturated heterocycles. The smallest absolute Gasteiger partial charge is 0.319 e. The molecule has 1 aliphatic heterocycles. The number of carbonyl (C=O) groups excluding carboxylic acids is 2. The Kier molecular flexibility index (Phi) is 7.46. The van der Waals surface area contributed by atoms with Gasteiger partial charge in [0.2, 0.25) is 5.91 Å². The maximum Gasteiger partial charge on any atom is 0.319 e. The van der Waals surface area contributed by atoms with Gasteiger partial charge in [-0.2, -0.15) is 0 Å². The van der Waals surface area contributed by atoms with Crippen molar-refractivity contribution in [1.82, 2.24) is 5.32 Å². The standard InChI is InChI=1S/C29H32ClN3O2/c1-18(2)23-11-8-12-24(19(3)4)27(23)32-29(35)31-25-16-21-15-22(30)13-14-26(21)33(28(25)34)17-20-9-6-5-7-10-20/h5-15,18-19,25H,16-17H2,1-4H3,(H2,31,32,35). The molecular formula is C29H32ClN3O2. The van der Waals surface area contributed by atoms with E-state index in [1.54, 1.807) is 11.0 Å². The Labute approximate surface area is 212 Å². The first-order valence-electron chi connectivity index (χ1n) is 12.1. The molecule has 1 heterocycles. The van der Waals surface area contributed by atoms with Crippen LogP contribution in [0.1, 0.15) is 61.8 Å². The lowest BCUT2D eigenvalue weighted by atomic mass is 9.92. The van der Waals surface area contributed by atoms with Crippen LogP contribution in [0.15, 0.2) is 66.7 Å². The molecule has 3 aromatic carbocycles. The van der Waals surface area contributed by atoms with Gasteiger partial charge in [0, 0.05) is 22.8 Å². The van der Waals surface area contributed by atoms with E-state index in [0.29, 0.717) is 18.0 Å². The first-order chi connectivity index (χ1) is 16.7. The molecular weight excluding hydrogens is 458 g/mol. The molecule has 1 aliphatic rings. The maximum absolute atomic E-state index is 13.6. The summed E-state index contributed by atoms with van der Waals surface area (Å²) in [6, 6.07) is 20.4. The van der Waals surface area contributed by atoms with Crippen LogP contribution >= 0.6 is 11.6 Å². The number of amides is 3. The Morgan fingerprint density at radius 2 is 1.63 bits per heavy atom. The van der Waals surface area contributed by atoms with Gasteiger partial charge in [0.25, 0.3) is 0 Å². The Bertz CT molecular complexity index is 1200. The van der Waals surface area contributed by atoms with Crippen LogP contribution in [0.5, 0.6) is 0 Å². The molecule has 0 bridgehead atoms. The molecule has 0 aromatic heterocycles. The van der Waals surface area contributed by atoms with Gasteiger partial charge in [-0.05, 0) is 52.3 Å². The third kappa shape index (κ3) is 5.51. The summed E-state index contributed by atoms with van der Waals surface area (Å²) < 4.78 is 0. The fourth-order valence-electron chi connectivity index (χ4n) is 4.64. The molecule has 3 amide bonds. The minimum Gasteiger partial charge on any atom is -0.326 e. The van der Waals surface area contributed by atoms with Gasteiger partial charge in [-0.15, -0.1) is 0 Å². The molecule has 35 heavy (non-hydrogen) atoms. The van der Waals surface area contributed by atoms with E-state index < -0.39 is 6.04 Å². The summed E-state index contributed by atoms with van der Waals surface area (Å²) in [5, 5.41) is 6.61. The largest absolute Gasteiger partial charge is 0.326 e. The summed E-state index contributed by atoms with van der Waals surface area (Å²) in [5.74, 6) is 0.353. The van der Waals surface area contributed by atoms with E-state index in [-0.39, 0.29) is 23.8 Å². The molecule has 1 unspecified atom stereocenters. The lowest BCUT2D eigenvalue weighted by molar-refractivity contribution is -0.120. The van der Waals surface area contributed by atoms with Gasteiger partial charge in [-0.25, -0.2) is 4.79 Å². The summed E-state index contributed by atoms with van der Waals surface area (Å²) >= 11 is 6.27. The fourth-order valence-corrected chi connectivity index (χ4v) is 4.83.